The van der Waals surface area contributed by atoms with Gasteiger partial charge in [0.1, 0.15) is 11.4 Å². The lowest BCUT2D eigenvalue weighted by Crippen LogP contribution is -2.33. The highest BCUT2D eigenvalue weighted by molar-refractivity contribution is 5.93. The monoisotopic (exact) mass is 247 g/mol. The van der Waals surface area contributed by atoms with Gasteiger partial charge >= 0.3 is 0 Å². The maximum atomic E-state index is 13.6. The number of anilines is 1. The number of hydrogen-bond donors (Lipinski definition) is 2. The third kappa shape index (κ3) is 2.28. The van der Waals surface area contributed by atoms with Crippen LogP contribution in [0.25, 0.3) is 0 Å². The van der Waals surface area contributed by atoms with Crippen molar-refractivity contribution in [3.8, 4) is 6.07 Å². The second-order valence-electron chi connectivity index (χ2n) is 4.58. The number of nitrogens with zero attached hydrogens (tertiary/aromatic N) is 1. The average molecular weight is 247 g/mol. The van der Waals surface area contributed by atoms with Gasteiger partial charge in [-0.1, -0.05) is 0 Å². The Kier molecular flexibility index (Phi) is 3.19. The fourth-order valence-corrected chi connectivity index (χ4v) is 2.31. The molecule has 1 aromatic rings. The van der Waals surface area contributed by atoms with Crippen molar-refractivity contribution in [1.82, 2.24) is 0 Å². The second-order valence-corrected chi connectivity index (χ2v) is 4.58. The standard InChI is InChI=1S/C13H14FN3O/c14-11-7-9(3-4-10(11)12(16)18)17-13(8-15)5-1-2-6-13/h3-4,7,17H,1-2,5-6H2,(H2,16,18). The number of nitrogens with one attached hydrogen (secondary N) is 1. The number of nitriles is 1. The Bertz CT molecular complexity index is 515. The minimum Gasteiger partial charge on any atom is -0.367 e. The molecule has 94 valence electrons. The molecule has 1 saturated carbocycles. The summed E-state index contributed by atoms with van der Waals surface area (Å²) in [4.78, 5) is 10.9. The van der Waals surface area contributed by atoms with Gasteiger partial charge in [0.05, 0.1) is 11.6 Å². The lowest BCUT2D eigenvalue weighted by atomic mass is 9.99. The summed E-state index contributed by atoms with van der Waals surface area (Å²) in [5, 5.41) is 12.3. The minimum absolute atomic E-state index is 0.141. The van der Waals surface area contributed by atoms with Crippen LogP contribution in [-0.4, -0.2) is 11.4 Å². The van der Waals surface area contributed by atoms with E-state index in [4.69, 9.17) is 5.73 Å². The van der Waals surface area contributed by atoms with Crippen molar-refractivity contribution in [3.63, 3.8) is 0 Å². The van der Waals surface area contributed by atoms with E-state index in [0.29, 0.717) is 5.69 Å². The van der Waals surface area contributed by atoms with Crippen LogP contribution >= 0.6 is 0 Å². The Hall–Kier alpha value is -2.09. The molecule has 1 amide bonds. The predicted molar refractivity (Wildman–Crippen MR) is 65.4 cm³/mol. The van der Waals surface area contributed by atoms with E-state index in [1.165, 1.54) is 12.1 Å². The Morgan fingerprint density at radius 1 is 1.44 bits per heavy atom. The van der Waals surface area contributed by atoms with E-state index in [-0.39, 0.29) is 5.56 Å². The van der Waals surface area contributed by atoms with Crippen LogP contribution in [0.5, 0.6) is 0 Å². The van der Waals surface area contributed by atoms with Crippen LogP contribution in [0.15, 0.2) is 18.2 Å². The highest BCUT2D eigenvalue weighted by atomic mass is 19.1. The van der Waals surface area contributed by atoms with E-state index in [1.807, 2.05) is 0 Å². The van der Waals surface area contributed by atoms with E-state index in [0.717, 1.165) is 25.7 Å². The molecule has 0 saturated heterocycles. The molecule has 18 heavy (non-hydrogen) atoms. The number of carbonyl (C=O) groups excluding carboxylic acids is 1. The van der Waals surface area contributed by atoms with Gasteiger partial charge in [0.25, 0.3) is 5.91 Å². The van der Waals surface area contributed by atoms with Crippen molar-refractivity contribution in [2.24, 2.45) is 5.73 Å². The fraction of sp³-hybridized carbons (Fsp3) is 0.385. The third-order valence-corrected chi connectivity index (χ3v) is 3.29. The number of hydrogen-bond acceptors (Lipinski definition) is 3. The van der Waals surface area contributed by atoms with Crippen LogP contribution in [0.4, 0.5) is 10.1 Å². The number of benzene rings is 1. The highest BCUT2D eigenvalue weighted by Gasteiger charge is 2.33. The first-order valence-electron chi connectivity index (χ1n) is 5.85. The van der Waals surface area contributed by atoms with Crippen molar-refractivity contribution in [2.75, 3.05) is 5.32 Å². The summed E-state index contributed by atoms with van der Waals surface area (Å²) in [6.45, 7) is 0. The summed E-state index contributed by atoms with van der Waals surface area (Å²) >= 11 is 0. The van der Waals surface area contributed by atoms with Crippen molar-refractivity contribution >= 4 is 11.6 Å². The summed E-state index contributed by atoms with van der Waals surface area (Å²) < 4.78 is 13.6. The van der Waals surface area contributed by atoms with Gasteiger partial charge in [0.15, 0.2) is 0 Å². The van der Waals surface area contributed by atoms with E-state index in [2.05, 4.69) is 11.4 Å². The lowest BCUT2D eigenvalue weighted by Gasteiger charge is -2.23. The average Bonchev–Trinajstić information content (AvgIpc) is 2.78. The number of primary amides is 1. The Morgan fingerprint density at radius 2 is 2.11 bits per heavy atom. The molecule has 2 rings (SSSR count). The molecule has 4 nitrogen and oxygen atoms in total. The molecule has 0 aromatic heterocycles. The lowest BCUT2D eigenvalue weighted by molar-refractivity contribution is 0.0996. The van der Waals surface area contributed by atoms with Gasteiger partial charge in [-0.05, 0) is 43.9 Å². The van der Waals surface area contributed by atoms with E-state index >= 15 is 0 Å². The fourth-order valence-electron chi connectivity index (χ4n) is 2.31. The van der Waals surface area contributed by atoms with Gasteiger partial charge in [-0.15, -0.1) is 0 Å². The molecule has 5 heteroatoms. The van der Waals surface area contributed by atoms with Crippen molar-refractivity contribution in [2.45, 2.75) is 31.2 Å². The van der Waals surface area contributed by atoms with Crippen LogP contribution in [0.1, 0.15) is 36.0 Å². The summed E-state index contributed by atoms with van der Waals surface area (Å²) in [6.07, 6.45) is 3.48. The van der Waals surface area contributed by atoms with Crippen LogP contribution in [0, 0.1) is 17.1 Å². The minimum atomic E-state index is -0.796. The molecule has 1 fully saturated rings. The zero-order chi connectivity index (χ0) is 13.2. The van der Waals surface area contributed by atoms with Gasteiger partial charge in [0, 0.05) is 5.69 Å². The van der Waals surface area contributed by atoms with E-state index in [1.54, 1.807) is 6.07 Å². The molecule has 0 unspecified atom stereocenters. The van der Waals surface area contributed by atoms with Gasteiger partial charge < -0.3 is 11.1 Å². The molecule has 3 N–H and O–H groups in total. The molecule has 1 aromatic carbocycles. The van der Waals surface area contributed by atoms with Gasteiger partial charge in [-0.25, -0.2) is 4.39 Å². The van der Waals surface area contributed by atoms with E-state index < -0.39 is 17.3 Å². The first kappa shape index (κ1) is 12.4. The Balaban J connectivity index is 2.23. The van der Waals surface area contributed by atoms with Gasteiger partial charge in [0.2, 0.25) is 0 Å². The zero-order valence-electron chi connectivity index (χ0n) is 9.87. The number of halogens is 1. The van der Waals surface area contributed by atoms with Crippen molar-refractivity contribution in [3.05, 3.63) is 29.6 Å². The smallest absolute Gasteiger partial charge is 0.251 e. The summed E-state index contributed by atoms with van der Waals surface area (Å²) in [5.41, 5.74) is 4.78. The van der Waals surface area contributed by atoms with Crippen LogP contribution in [-0.2, 0) is 0 Å². The molecule has 0 aliphatic heterocycles. The first-order valence-corrected chi connectivity index (χ1v) is 5.85. The maximum absolute atomic E-state index is 13.6. The van der Waals surface area contributed by atoms with Crippen molar-refractivity contribution < 1.29 is 9.18 Å². The second kappa shape index (κ2) is 4.65. The number of rotatable bonds is 3. The number of nitrogens with two attached hydrogens (primary N) is 1. The predicted octanol–water partition coefficient (Wildman–Crippen LogP) is 2.17. The molecule has 0 bridgehead atoms. The first-order chi connectivity index (χ1) is 8.56. The van der Waals surface area contributed by atoms with Gasteiger partial charge in [-0.3, -0.25) is 4.79 Å². The highest BCUT2D eigenvalue weighted by Crippen LogP contribution is 2.32. The molecule has 1 aliphatic rings. The number of carbonyl (C=O) groups is 1. The van der Waals surface area contributed by atoms with Gasteiger partial charge in [-0.2, -0.15) is 5.26 Å². The molecule has 1 aliphatic carbocycles. The largest absolute Gasteiger partial charge is 0.367 e. The topological polar surface area (TPSA) is 78.9 Å². The SMILES string of the molecule is N#CC1(Nc2ccc(C(N)=O)c(F)c2)CCCC1. The molecule has 0 atom stereocenters. The van der Waals surface area contributed by atoms with E-state index in [9.17, 15) is 14.4 Å². The molecular weight excluding hydrogens is 233 g/mol. The molecular formula is C13H14FN3O. The third-order valence-electron chi connectivity index (χ3n) is 3.29. The molecule has 0 heterocycles. The maximum Gasteiger partial charge on any atom is 0.251 e. The normalized spacial score (nSPS) is 17.1. The van der Waals surface area contributed by atoms with Crippen LogP contribution in [0.3, 0.4) is 0 Å². The quantitative estimate of drug-likeness (QED) is 0.859. The van der Waals surface area contributed by atoms with Crippen LogP contribution < -0.4 is 11.1 Å². The summed E-state index contributed by atoms with van der Waals surface area (Å²) in [7, 11) is 0. The zero-order valence-corrected chi connectivity index (χ0v) is 9.87. The number of amides is 1. The summed E-state index contributed by atoms with van der Waals surface area (Å²) in [6, 6.07) is 6.37. The van der Waals surface area contributed by atoms with Crippen molar-refractivity contribution in [1.29, 1.82) is 5.26 Å². The molecule has 0 radical (unpaired) electrons. The summed E-state index contributed by atoms with van der Waals surface area (Å²) in [5.74, 6) is -1.46. The van der Waals surface area contributed by atoms with Crippen LogP contribution in [0.2, 0.25) is 0 Å². The Morgan fingerprint density at radius 3 is 2.61 bits per heavy atom. The Labute approximate surface area is 105 Å². The molecule has 0 spiro atoms.